The quantitative estimate of drug-likeness (QED) is 0.808. The smallest absolute Gasteiger partial charge is 0.134 e. The van der Waals surface area contributed by atoms with Crippen molar-refractivity contribution < 1.29 is 4.74 Å². The fourth-order valence-corrected chi connectivity index (χ4v) is 3.66. The van der Waals surface area contributed by atoms with Gasteiger partial charge < -0.3 is 10.1 Å². The predicted molar refractivity (Wildman–Crippen MR) is 87.5 cm³/mol. The third-order valence-electron chi connectivity index (χ3n) is 3.11. The van der Waals surface area contributed by atoms with Gasteiger partial charge in [0.15, 0.2) is 0 Å². The average molecular weight is 330 g/mol. The Hall–Kier alpha value is -0.740. The van der Waals surface area contributed by atoms with Crippen molar-refractivity contribution in [2.75, 3.05) is 13.7 Å². The number of benzene rings is 1. The molecule has 1 aromatic carbocycles. The molecule has 0 saturated heterocycles. The molecule has 0 saturated carbocycles. The molecule has 0 spiro atoms. The van der Waals surface area contributed by atoms with E-state index in [0.717, 1.165) is 24.3 Å². The molecule has 1 heterocycles. The summed E-state index contributed by atoms with van der Waals surface area (Å²) < 4.78 is 5.42. The first kappa shape index (κ1) is 15.6. The maximum absolute atomic E-state index is 6.27. The van der Waals surface area contributed by atoms with Crippen LogP contribution in [0.15, 0.2) is 29.6 Å². The van der Waals surface area contributed by atoms with E-state index in [1.165, 1.54) is 4.88 Å². The number of thiophene rings is 1. The van der Waals surface area contributed by atoms with Gasteiger partial charge in [-0.15, -0.1) is 11.3 Å². The third-order valence-corrected chi connectivity index (χ3v) is 4.83. The molecular formula is C15H17Cl2NOS. The minimum Gasteiger partial charge on any atom is -0.496 e. The van der Waals surface area contributed by atoms with E-state index in [4.69, 9.17) is 27.9 Å². The lowest BCUT2D eigenvalue weighted by molar-refractivity contribution is 0.403. The molecule has 108 valence electrons. The molecule has 0 aliphatic heterocycles. The van der Waals surface area contributed by atoms with Gasteiger partial charge in [-0.1, -0.05) is 36.2 Å². The summed E-state index contributed by atoms with van der Waals surface area (Å²) in [5.74, 6) is 0.907. The predicted octanol–water partition coefficient (Wildman–Crippen LogP) is 4.96. The van der Waals surface area contributed by atoms with Crippen molar-refractivity contribution in [2.24, 2.45) is 0 Å². The molecule has 2 rings (SSSR count). The summed E-state index contributed by atoms with van der Waals surface area (Å²) in [6.07, 6.45) is 0.739. The van der Waals surface area contributed by atoms with Crippen LogP contribution >= 0.6 is 34.5 Å². The normalized spacial score (nSPS) is 12.4. The maximum Gasteiger partial charge on any atom is 0.134 e. The van der Waals surface area contributed by atoms with Crippen molar-refractivity contribution in [1.29, 1.82) is 0 Å². The molecule has 2 nitrogen and oxygen atoms in total. The number of nitrogens with one attached hydrogen (secondary N) is 1. The number of hydrogen-bond acceptors (Lipinski definition) is 3. The van der Waals surface area contributed by atoms with Gasteiger partial charge in [-0.05, 0) is 42.1 Å². The second-order valence-corrected chi connectivity index (χ2v) is 6.13. The Kier molecular flexibility index (Phi) is 5.73. The fourth-order valence-electron chi connectivity index (χ4n) is 2.17. The Balaban J connectivity index is 2.30. The molecule has 1 N–H and O–H groups in total. The van der Waals surface area contributed by atoms with Crippen LogP contribution in [0.4, 0.5) is 0 Å². The number of ether oxygens (including phenoxy) is 1. The van der Waals surface area contributed by atoms with E-state index >= 15 is 0 Å². The van der Waals surface area contributed by atoms with Crippen molar-refractivity contribution in [3.8, 4) is 5.75 Å². The van der Waals surface area contributed by atoms with Gasteiger partial charge in [-0.3, -0.25) is 0 Å². The van der Waals surface area contributed by atoms with E-state index in [-0.39, 0.29) is 6.04 Å². The van der Waals surface area contributed by atoms with Crippen LogP contribution in [-0.4, -0.2) is 13.7 Å². The van der Waals surface area contributed by atoms with Crippen LogP contribution in [0.3, 0.4) is 0 Å². The number of methoxy groups -OCH3 is 1. The molecule has 0 aliphatic rings. The van der Waals surface area contributed by atoms with Crippen LogP contribution < -0.4 is 10.1 Å². The highest BCUT2D eigenvalue weighted by molar-refractivity contribution is 7.10. The van der Waals surface area contributed by atoms with Crippen LogP contribution in [0.5, 0.6) is 5.75 Å². The van der Waals surface area contributed by atoms with Crippen molar-refractivity contribution >= 4 is 34.5 Å². The number of rotatable bonds is 6. The van der Waals surface area contributed by atoms with E-state index in [9.17, 15) is 0 Å². The van der Waals surface area contributed by atoms with E-state index in [1.54, 1.807) is 18.4 Å². The second-order valence-electron chi connectivity index (χ2n) is 4.37. The molecule has 0 radical (unpaired) electrons. The molecule has 0 fully saturated rings. The first-order valence-corrected chi connectivity index (χ1v) is 8.08. The average Bonchev–Trinajstić information content (AvgIpc) is 2.90. The van der Waals surface area contributed by atoms with Crippen LogP contribution in [0.2, 0.25) is 10.0 Å². The highest BCUT2D eigenvalue weighted by Crippen LogP contribution is 2.35. The largest absolute Gasteiger partial charge is 0.496 e. The zero-order valence-electron chi connectivity index (χ0n) is 11.5. The summed E-state index contributed by atoms with van der Waals surface area (Å²) in [6.45, 7) is 2.95. The molecule has 1 unspecified atom stereocenters. The molecule has 5 heteroatoms. The van der Waals surface area contributed by atoms with Crippen molar-refractivity contribution in [2.45, 2.75) is 19.4 Å². The van der Waals surface area contributed by atoms with E-state index in [0.29, 0.717) is 10.0 Å². The summed E-state index contributed by atoms with van der Waals surface area (Å²) in [5.41, 5.74) is 0.970. The molecular weight excluding hydrogens is 313 g/mol. The van der Waals surface area contributed by atoms with Crippen LogP contribution in [-0.2, 0) is 6.42 Å². The monoisotopic (exact) mass is 329 g/mol. The highest BCUT2D eigenvalue weighted by Gasteiger charge is 2.19. The van der Waals surface area contributed by atoms with Crippen LogP contribution in [0.25, 0.3) is 0 Å². The Bertz CT molecular complexity index is 551. The lowest BCUT2D eigenvalue weighted by Crippen LogP contribution is -2.22. The number of likely N-dealkylation sites (N-methyl/N-ethyl adjacent to an activating group) is 1. The lowest BCUT2D eigenvalue weighted by Gasteiger charge is -2.19. The van der Waals surface area contributed by atoms with Gasteiger partial charge in [-0.25, -0.2) is 0 Å². The molecule has 1 aromatic heterocycles. The Labute approximate surface area is 133 Å². The van der Waals surface area contributed by atoms with Crippen molar-refractivity contribution in [3.63, 3.8) is 0 Å². The van der Waals surface area contributed by atoms with E-state index in [1.807, 2.05) is 29.6 Å². The molecule has 0 bridgehead atoms. The van der Waals surface area contributed by atoms with Gasteiger partial charge in [0.2, 0.25) is 0 Å². The second kappa shape index (κ2) is 7.32. The first-order chi connectivity index (χ1) is 9.67. The fraction of sp³-hybridized carbons (Fsp3) is 0.333. The molecule has 2 aromatic rings. The zero-order chi connectivity index (χ0) is 14.5. The lowest BCUT2D eigenvalue weighted by atomic mass is 10.0. The first-order valence-electron chi connectivity index (χ1n) is 6.45. The minimum atomic E-state index is 0.146. The number of hydrogen-bond donors (Lipinski definition) is 1. The van der Waals surface area contributed by atoms with Gasteiger partial charge >= 0.3 is 0 Å². The Morgan fingerprint density at radius 3 is 2.55 bits per heavy atom. The minimum absolute atomic E-state index is 0.146. The summed E-state index contributed by atoms with van der Waals surface area (Å²) in [5, 5.41) is 6.92. The standard InChI is InChI=1S/C15H17Cl2NOS/c1-3-18-13(15-14(19-2)7-8-20-15)9-10-11(16)5-4-6-12(10)17/h4-8,13,18H,3,9H2,1-2H3. The maximum atomic E-state index is 6.27. The topological polar surface area (TPSA) is 21.3 Å². The summed E-state index contributed by atoms with van der Waals surface area (Å²) in [4.78, 5) is 1.17. The summed E-state index contributed by atoms with van der Waals surface area (Å²) in [6, 6.07) is 7.74. The Morgan fingerprint density at radius 2 is 1.95 bits per heavy atom. The van der Waals surface area contributed by atoms with Crippen LogP contribution in [0, 0.1) is 0 Å². The Morgan fingerprint density at radius 1 is 1.25 bits per heavy atom. The molecule has 1 atom stereocenters. The summed E-state index contributed by atoms with van der Waals surface area (Å²) in [7, 11) is 1.69. The van der Waals surface area contributed by atoms with E-state index in [2.05, 4.69) is 12.2 Å². The van der Waals surface area contributed by atoms with E-state index < -0.39 is 0 Å². The summed E-state index contributed by atoms with van der Waals surface area (Å²) >= 11 is 14.2. The van der Waals surface area contributed by atoms with Gasteiger partial charge in [-0.2, -0.15) is 0 Å². The zero-order valence-corrected chi connectivity index (χ0v) is 13.8. The SMILES string of the molecule is CCNC(Cc1c(Cl)cccc1Cl)c1sccc1OC. The van der Waals surface area contributed by atoms with Crippen molar-refractivity contribution in [1.82, 2.24) is 5.32 Å². The van der Waals surface area contributed by atoms with Gasteiger partial charge in [0.05, 0.1) is 12.0 Å². The van der Waals surface area contributed by atoms with Gasteiger partial charge in [0, 0.05) is 16.1 Å². The molecule has 0 aliphatic carbocycles. The van der Waals surface area contributed by atoms with Gasteiger partial charge in [0.25, 0.3) is 0 Å². The molecule has 20 heavy (non-hydrogen) atoms. The van der Waals surface area contributed by atoms with Crippen LogP contribution in [0.1, 0.15) is 23.4 Å². The number of halogens is 2. The highest BCUT2D eigenvalue weighted by atomic mass is 35.5. The molecule has 0 amide bonds. The van der Waals surface area contributed by atoms with Gasteiger partial charge in [0.1, 0.15) is 5.75 Å². The third kappa shape index (κ3) is 3.47. The van der Waals surface area contributed by atoms with Crippen molar-refractivity contribution in [3.05, 3.63) is 50.1 Å².